The average Bonchev–Trinajstić information content (AvgIpc) is 3.38. The summed E-state index contributed by atoms with van der Waals surface area (Å²) >= 11 is 0. The van der Waals surface area contributed by atoms with Crippen LogP contribution < -0.4 is 0 Å². The van der Waals surface area contributed by atoms with Crippen molar-refractivity contribution in [3.05, 3.63) is 97.1 Å². The van der Waals surface area contributed by atoms with Crippen molar-refractivity contribution in [2.45, 2.75) is 45.2 Å². The zero-order valence-electron chi connectivity index (χ0n) is 19.2. The fourth-order valence-corrected chi connectivity index (χ4v) is 5.76. The second-order valence-corrected chi connectivity index (χ2v) is 9.15. The number of hydrogen-bond donors (Lipinski definition) is 0. The van der Waals surface area contributed by atoms with Crippen LogP contribution in [0.1, 0.15) is 38.6 Å². The molecule has 0 aliphatic carbocycles. The summed E-state index contributed by atoms with van der Waals surface area (Å²) in [4.78, 5) is 0. The zero-order chi connectivity index (χ0) is 22.2. The summed E-state index contributed by atoms with van der Waals surface area (Å²) in [7, 11) is 0. The highest BCUT2D eigenvalue weighted by atomic mass is 15.0. The quantitative estimate of drug-likeness (QED) is 0.224. The molecule has 0 saturated carbocycles. The SMILES string of the molecule is CC[C@@H](CCCCn1c2ccccc2c2ccccc21)n1c2ccccc2c2ccccc21. The van der Waals surface area contributed by atoms with Crippen LogP contribution in [-0.2, 0) is 6.54 Å². The van der Waals surface area contributed by atoms with Gasteiger partial charge in [0.15, 0.2) is 0 Å². The largest absolute Gasteiger partial charge is 0.340 e. The van der Waals surface area contributed by atoms with E-state index in [1.165, 1.54) is 62.9 Å². The van der Waals surface area contributed by atoms with E-state index in [-0.39, 0.29) is 0 Å². The van der Waals surface area contributed by atoms with E-state index in [1.54, 1.807) is 0 Å². The molecule has 0 aliphatic rings. The number of aryl methyl sites for hydroxylation is 1. The van der Waals surface area contributed by atoms with E-state index < -0.39 is 0 Å². The lowest BCUT2D eigenvalue weighted by Crippen LogP contribution is -2.08. The Morgan fingerprint density at radius 2 is 0.970 bits per heavy atom. The van der Waals surface area contributed by atoms with E-state index in [9.17, 15) is 0 Å². The highest BCUT2D eigenvalue weighted by Gasteiger charge is 2.17. The van der Waals surface area contributed by atoms with Crippen LogP contribution in [-0.4, -0.2) is 9.13 Å². The molecule has 0 unspecified atom stereocenters. The van der Waals surface area contributed by atoms with Gasteiger partial charge in [0.1, 0.15) is 0 Å². The Hall–Kier alpha value is -3.52. The lowest BCUT2D eigenvalue weighted by Gasteiger charge is -2.20. The maximum Gasteiger partial charge on any atom is 0.0493 e. The van der Waals surface area contributed by atoms with Gasteiger partial charge in [-0.2, -0.15) is 0 Å². The standard InChI is InChI=1S/C31H30N2/c1-2-23(33-30-20-9-5-16-26(30)27-17-6-10-21-31(27)33)13-11-12-22-32-28-18-7-3-14-24(28)25-15-4-8-19-29(25)32/h3-10,14-21,23H,2,11-13,22H2,1H3/t23-/m0/s1. The number of aromatic nitrogens is 2. The van der Waals surface area contributed by atoms with E-state index in [2.05, 4.69) is 113 Å². The van der Waals surface area contributed by atoms with E-state index in [0.29, 0.717) is 6.04 Å². The molecule has 0 spiro atoms. The molecule has 0 N–H and O–H groups in total. The van der Waals surface area contributed by atoms with Crippen molar-refractivity contribution in [1.82, 2.24) is 9.13 Å². The lowest BCUT2D eigenvalue weighted by atomic mass is 10.1. The third-order valence-electron chi connectivity index (χ3n) is 7.30. The summed E-state index contributed by atoms with van der Waals surface area (Å²) in [5, 5.41) is 5.48. The molecule has 6 rings (SSSR count). The van der Waals surface area contributed by atoms with Crippen LogP contribution in [0.25, 0.3) is 43.6 Å². The predicted molar refractivity (Wildman–Crippen MR) is 142 cm³/mol. The molecular weight excluding hydrogens is 400 g/mol. The molecule has 0 saturated heterocycles. The zero-order valence-corrected chi connectivity index (χ0v) is 19.2. The van der Waals surface area contributed by atoms with Gasteiger partial charge in [-0.15, -0.1) is 0 Å². The van der Waals surface area contributed by atoms with Gasteiger partial charge in [0.05, 0.1) is 0 Å². The first-order valence-electron chi connectivity index (χ1n) is 12.3. The van der Waals surface area contributed by atoms with Crippen molar-refractivity contribution in [3.63, 3.8) is 0 Å². The second kappa shape index (κ2) is 8.44. The molecule has 2 nitrogen and oxygen atoms in total. The normalized spacial score (nSPS) is 12.9. The van der Waals surface area contributed by atoms with Gasteiger partial charge in [-0.25, -0.2) is 0 Å². The topological polar surface area (TPSA) is 9.86 Å². The molecular formula is C31H30N2. The van der Waals surface area contributed by atoms with Crippen LogP contribution in [0.15, 0.2) is 97.1 Å². The molecule has 6 aromatic rings. The summed E-state index contributed by atoms with van der Waals surface area (Å²) in [6.45, 7) is 3.40. The third kappa shape index (κ3) is 3.33. The summed E-state index contributed by atoms with van der Waals surface area (Å²) in [5.74, 6) is 0. The van der Waals surface area contributed by atoms with Crippen molar-refractivity contribution < 1.29 is 0 Å². The number of fused-ring (bicyclic) bond motifs is 6. The first kappa shape index (κ1) is 20.1. The Kier molecular flexibility index (Phi) is 5.14. The van der Waals surface area contributed by atoms with Gasteiger partial charge >= 0.3 is 0 Å². The van der Waals surface area contributed by atoms with Gasteiger partial charge in [-0.3, -0.25) is 0 Å². The number of rotatable bonds is 7. The van der Waals surface area contributed by atoms with Gasteiger partial charge in [0.25, 0.3) is 0 Å². The van der Waals surface area contributed by atoms with Crippen molar-refractivity contribution in [1.29, 1.82) is 0 Å². The van der Waals surface area contributed by atoms with Crippen LogP contribution in [0.5, 0.6) is 0 Å². The maximum absolute atomic E-state index is 2.60. The maximum atomic E-state index is 2.60. The van der Waals surface area contributed by atoms with Gasteiger partial charge in [-0.1, -0.05) is 79.7 Å². The number of nitrogens with zero attached hydrogens (tertiary/aromatic N) is 2. The van der Waals surface area contributed by atoms with Crippen LogP contribution in [0.4, 0.5) is 0 Å². The molecule has 1 atom stereocenters. The summed E-state index contributed by atoms with van der Waals surface area (Å²) in [5.41, 5.74) is 5.45. The highest BCUT2D eigenvalue weighted by Crippen LogP contribution is 2.35. The second-order valence-electron chi connectivity index (χ2n) is 9.15. The highest BCUT2D eigenvalue weighted by molar-refractivity contribution is 6.08. The summed E-state index contributed by atoms with van der Waals surface area (Å²) < 4.78 is 5.12. The van der Waals surface area contributed by atoms with Crippen LogP contribution in [0.2, 0.25) is 0 Å². The van der Waals surface area contributed by atoms with E-state index >= 15 is 0 Å². The number of benzene rings is 4. The molecule has 33 heavy (non-hydrogen) atoms. The minimum Gasteiger partial charge on any atom is -0.340 e. The number of unbranched alkanes of at least 4 members (excludes halogenated alkanes) is 1. The molecule has 0 amide bonds. The molecule has 164 valence electrons. The van der Waals surface area contributed by atoms with Crippen molar-refractivity contribution in [2.24, 2.45) is 0 Å². The Morgan fingerprint density at radius 3 is 1.45 bits per heavy atom. The Balaban J connectivity index is 1.26. The summed E-state index contributed by atoms with van der Waals surface area (Å²) in [6.07, 6.45) is 4.77. The van der Waals surface area contributed by atoms with E-state index in [4.69, 9.17) is 0 Å². The molecule has 0 bridgehead atoms. The minimum atomic E-state index is 0.521. The monoisotopic (exact) mass is 430 g/mol. The van der Waals surface area contributed by atoms with E-state index in [0.717, 1.165) is 13.0 Å². The Labute approximate surface area is 195 Å². The number of para-hydroxylation sites is 4. The van der Waals surface area contributed by atoms with E-state index in [1.807, 2.05) is 0 Å². The molecule has 0 aliphatic heterocycles. The van der Waals surface area contributed by atoms with Crippen molar-refractivity contribution >= 4 is 43.6 Å². The van der Waals surface area contributed by atoms with Crippen LogP contribution >= 0.6 is 0 Å². The molecule has 0 fully saturated rings. The predicted octanol–water partition coefficient (Wildman–Crippen LogP) is 8.72. The van der Waals surface area contributed by atoms with Crippen molar-refractivity contribution in [2.75, 3.05) is 0 Å². The Morgan fingerprint density at radius 1 is 0.545 bits per heavy atom. The van der Waals surface area contributed by atoms with Gasteiger partial charge in [0, 0.05) is 56.2 Å². The van der Waals surface area contributed by atoms with Gasteiger partial charge < -0.3 is 9.13 Å². The van der Waals surface area contributed by atoms with Crippen molar-refractivity contribution in [3.8, 4) is 0 Å². The number of hydrogen-bond acceptors (Lipinski definition) is 0. The molecule has 2 heterocycles. The first-order chi connectivity index (χ1) is 16.4. The smallest absolute Gasteiger partial charge is 0.0493 e. The average molecular weight is 431 g/mol. The lowest BCUT2D eigenvalue weighted by molar-refractivity contribution is 0.444. The van der Waals surface area contributed by atoms with Gasteiger partial charge in [0.2, 0.25) is 0 Å². The molecule has 2 heteroatoms. The molecule has 4 aromatic carbocycles. The molecule has 0 radical (unpaired) electrons. The van der Waals surface area contributed by atoms with Gasteiger partial charge in [-0.05, 0) is 49.9 Å². The Bertz CT molecular complexity index is 1460. The third-order valence-corrected chi connectivity index (χ3v) is 7.30. The fraction of sp³-hybridized carbons (Fsp3) is 0.226. The minimum absolute atomic E-state index is 0.521. The fourth-order valence-electron chi connectivity index (χ4n) is 5.76. The molecule has 2 aromatic heterocycles. The first-order valence-corrected chi connectivity index (χ1v) is 12.3. The summed E-state index contributed by atoms with van der Waals surface area (Å²) in [6, 6.07) is 36.0. The van der Waals surface area contributed by atoms with Crippen LogP contribution in [0, 0.1) is 0 Å². The van der Waals surface area contributed by atoms with Crippen LogP contribution in [0.3, 0.4) is 0 Å².